The Bertz CT molecular complexity index is 1090. The molecular weight excluding hydrogens is 370 g/mol. The fraction of sp³-hybridized carbons (Fsp3) is 0.333. The van der Waals surface area contributed by atoms with E-state index in [1.807, 2.05) is 47.8 Å². The molecule has 0 atom stereocenters. The van der Waals surface area contributed by atoms with Gasteiger partial charge in [-0.1, -0.05) is 12.1 Å². The maximum atomic E-state index is 12.9. The lowest BCUT2D eigenvalue weighted by Gasteiger charge is -2.21. The van der Waals surface area contributed by atoms with Crippen molar-refractivity contribution in [3.8, 4) is 0 Å². The first-order valence-corrected chi connectivity index (χ1v) is 9.65. The number of nitro groups is 1. The molecule has 1 aliphatic heterocycles. The van der Waals surface area contributed by atoms with Crippen LogP contribution >= 0.6 is 0 Å². The average Bonchev–Trinajstić information content (AvgIpc) is 3.36. The van der Waals surface area contributed by atoms with Crippen LogP contribution in [0.2, 0.25) is 0 Å². The Kier molecular flexibility index (Phi) is 4.92. The van der Waals surface area contributed by atoms with Gasteiger partial charge in [0.2, 0.25) is 0 Å². The Morgan fingerprint density at radius 2 is 1.93 bits per heavy atom. The van der Waals surface area contributed by atoms with Gasteiger partial charge in [0.15, 0.2) is 0 Å². The van der Waals surface area contributed by atoms with Crippen LogP contribution in [0.15, 0.2) is 42.5 Å². The molecule has 0 radical (unpaired) electrons. The molecule has 4 rings (SSSR count). The van der Waals surface area contributed by atoms with Crippen molar-refractivity contribution in [3.63, 3.8) is 0 Å². The van der Waals surface area contributed by atoms with Crippen molar-refractivity contribution < 1.29 is 9.72 Å². The summed E-state index contributed by atoms with van der Waals surface area (Å²) in [5.41, 5.74) is 2.70. The molecule has 0 bridgehead atoms. The van der Waals surface area contributed by atoms with Crippen molar-refractivity contribution in [2.24, 2.45) is 7.05 Å². The number of rotatable bonds is 5. The number of hydrogen-bond donors (Lipinski definition) is 0. The predicted molar refractivity (Wildman–Crippen MR) is 111 cm³/mol. The molecule has 0 N–H and O–H groups in total. The van der Waals surface area contributed by atoms with Gasteiger partial charge in [0.1, 0.15) is 11.4 Å². The summed E-state index contributed by atoms with van der Waals surface area (Å²) in [6, 6.07) is 12.6. The van der Waals surface area contributed by atoms with E-state index in [1.54, 1.807) is 17.0 Å². The number of nitro benzene ring substituents is 1. The summed E-state index contributed by atoms with van der Waals surface area (Å²) in [4.78, 5) is 32.2. The predicted octanol–water partition coefficient (Wildman–Crippen LogP) is 3.35. The fourth-order valence-electron chi connectivity index (χ4n) is 3.82. The van der Waals surface area contributed by atoms with E-state index < -0.39 is 4.92 Å². The summed E-state index contributed by atoms with van der Waals surface area (Å²) >= 11 is 0. The summed E-state index contributed by atoms with van der Waals surface area (Å²) in [7, 11) is 3.86. The van der Waals surface area contributed by atoms with E-state index in [2.05, 4.69) is 4.98 Å². The van der Waals surface area contributed by atoms with E-state index in [0.717, 1.165) is 35.4 Å². The molecular formula is C21H23N5O3. The van der Waals surface area contributed by atoms with E-state index in [9.17, 15) is 14.9 Å². The number of amides is 1. The first-order valence-electron chi connectivity index (χ1n) is 9.65. The zero-order chi connectivity index (χ0) is 20.5. The summed E-state index contributed by atoms with van der Waals surface area (Å²) in [6.45, 7) is 1.81. The number of aryl methyl sites for hydroxylation is 1. The lowest BCUT2D eigenvalue weighted by atomic mass is 10.1. The minimum Gasteiger partial charge on any atom is -0.367 e. The third-order valence-corrected chi connectivity index (χ3v) is 5.50. The highest BCUT2D eigenvalue weighted by Gasteiger charge is 2.27. The zero-order valence-electron chi connectivity index (χ0n) is 16.5. The summed E-state index contributed by atoms with van der Waals surface area (Å²) in [5.74, 6) is 0.603. The number of para-hydroxylation sites is 2. The molecule has 2 aromatic carbocycles. The van der Waals surface area contributed by atoms with Crippen LogP contribution in [0.4, 0.5) is 11.4 Å². The van der Waals surface area contributed by atoms with E-state index >= 15 is 0 Å². The van der Waals surface area contributed by atoms with Gasteiger partial charge in [-0.05, 0) is 37.1 Å². The molecule has 1 amide bonds. The molecule has 0 unspecified atom stereocenters. The van der Waals surface area contributed by atoms with E-state index in [1.165, 1.54) is 6.07 Å². The van der Waals surface area contributed by atoms with Crippen molar-refractivity contribution in [2.75, 3.05) is 25.0 Å². The lowest BCUT2D eigenvalue weighted by Crippen LogP contribution is -2.28. The van der Waals surface area contributed by atoms with Crippen molar-refractivity contribution >= 4 is 28.3 Å². The molecule has 0 aliphatic carbocycles. The maximum Gasteiger partial charge on any atom is 0.282 e. The average molecular weight is 393 g/mol. The van der Waals surface area contributed by atoms with Crippen LogP contribution in [-0.2, 0) is 13.6 Å². The second-order valence-electron chi connectivity index (χ2n) is 7.39. The van der Waals surface area contributed by atoms with Crippen molar-refractivity contribution in [2.45, 2.75) is 19.4 Å². The molecule has 8 heteroatoms. The van der Waals surface area contributed by atoms with Crippen LogP contribution in [0.1, 0.15) is 29.0 Å². The quantitative estimate of drug-likeness (QED) is 0.490. The highest BCUT2D eigenvalue weighted by Crippen LogP contribution is 2.28. The number of fused-ring (bicyclic) bond motifs is 1. The third-order valence-electron chi connectivity index (χ3n) is 5.50. The van der Waals surface area contributed by atoms with Gasteiger partial charge in [0.25, 0.3) is 11.6 Å². The number of carbonyl (C=O) groups is 1. The highest BCUT2D eigenvalue weighted by molar-refractivity contribution is 5.99. The molecule has 1 saturated heterocycles. The number of likely N-dealkylation sites (tertiary alicyclic amines) is 1. The minimum absolute atomic E-state index is 0.145. The van der Waals surface area contributed by atoms with Gasteiger partial charge in [-0.3, -0.25) is 14.9 Å². The van der Waals surface area contributed by atoms with Crippen molar-refractivity contribution in [1.82, 2.24) is 14.5 Å². The monoisotopic (exact) mass is 393 g/mol. The molecule has 1 aromatic heterocycles. The van der Waals surface area contributed by atoms with E-state index in [0.29, 0.717) is 19.6 Å². The Labute approximate surface area is 168 Å². The number of carbonyl (C=O) groups excluding carboxylic acids is 1. The van der Waals surface area contributed by atoms with Crippen LogP contribution in [0.5, 0.6) is 0 Å². The van der Waals surface area contributed by atoms with Gasteiger partial charge in [0.05, 0.1) is 22.5 Å². The van der Waals surface area contributed by atoms with Gasteiger partial charge in [-0.15, -0.1) is 0 Å². The van der Waals surface area contributed by atoms with E-state index in [-0.39, 0.29) is 17.2 Å². The number of hydrogen-bond acceptors (Lipinski definition) is 5. The van der Waals surface area contributed by atoms with Gasteiger partial charge in [-0.25, -0.2) is 4.98 Å². The summed E-state index contributed by atoms with van der Waals surface area (Å²) in [5, 5.41) is 11.5. The Balaban J connectivity index is 1.64. The van der Waals surface area contributed by atoms with Gasteiger partial charge < -0.3 is 14.4 Å². The van der Waals surface area contributed by atoms with Crippen molar-refractivity contribution in [1.29, 1.82) is 0 Å². The number of benzene rings is 2. The van der Waals surface area contributed by atoms with Crippen LogP contribution < -0.4 is 4.90 Å². The number of nitrogens with zero attached hydrogens (tertiary/aromatic N) is 5. The first kappa shape index (κ1) is 18.9. The van der Waals surface area contributed by atoms with Crippen molar-refractivity contribution in [3.05, 3.63) is 64.0 Å². The second-order valence-corrected chi connectivity index (χ2v) is 7.39. The largest absolute Gasteiger partial charge is 0.367 e. The number of aromatic nitrogens is 2. The molecule has 150 valence electrons. The molecule has 1 fully saturated rings. The van der Waals surface area contributed by atoms with E-state index in [4.69, 9.17) is 0 Å². The summed E-state index contributed by atoms with van der Waals surface area (Å²) in [6.07, 6.45) is 1.87. The Morgan fingerprint density at radius 1 is 1.21 bits per heavy atom. The smallest absolute Gasteiger partial charge is 0.282 e. The molecule has 2 heterocycles. The highest BCUT2D eigenvalue weighted by atomic mass is 16.6. The molecule has 3 aromatic rings. The van der Waals surface area contributed by atoms with Crippen LogP contribution in [0.25, 0.3) is 11.0 Å². The molecule has 8 nitrogen and oxygen atoms in total. The standard InChI is InChI=1S/C21H23N5O3/c1-23(14-20-22-17-7-3-4-8-19(17)24(20)2)15-9-10-18(26(28)29)16(13-15)21(27)25-11-5-6-12-25/h3-4,7-10,13H,5-6,11-12,14H2,1-2H3. The SMILES string of the molecule is CN(Cc1nc2ccccc2n1C)c1ccc([N+](=O)[O-])c(C(=O)N2CCCC2)c1. The number of anilines is 1. The maximum absolute atomic E-state index is 12.9. The molecule has 29 heavy (non-hydrogen) atoms. The minimum atomic E-state index is -0.488. The lowest BCUT2D eigenvalue weighted by molar-refractivity contribution is -0.385. The van der Waals surface area contributed by atoms with Crippen LogP contribution in [0.3, 0.4) is 0 Å². The zero-order valence-corrected chi connectivity index (χ0v) is 16.5. The van der Waals surface area contributed by atoms with Gasteiger partial charge in [0, 0.05) is 38.9 Å². The first-order chi connectivity index (χ1) is 14.0. The van der Waals surface area contributed by atoms with Gasteiger partial charge in [-0.2, -0.15) is 0 Å². The molecule has 1 aliphatic rings. The van der Waals surface area contributed by atoms with Crippen LogP contribution in [0, 0.1) is 10.1 Å². The normalized spacial score (nSPS) is 13.8. The number of imidazole rings is 1. The van der Waals surface area contributed by atoms with Crippen LogP contribution in [-0.4, -0.2) is 45.4 Å². The second kappa shape index (κ2) is 7.54. The van der Waals surface area contributed by atoms with Gasteiger partial charge >= 0.3 is 0 Å². The summed E-state index contributed by atoms with van der Waals surface area (Å²) < 4.78 is 2.04. The Hall–Kier alpha value is -3.42. The Morgan fingerprint density at radius 3 is 2.62 bits per heavy atom. The fourth-order valence-corrected chi connectivity index (χ4v) is 3.82. The third kappa shape index (κ3) is 3.53. The molecule has 0 saturated carbocycles. The topological polar surface area (TPSA) is 84.5 Å². The molecule has 0 spiro atoms.